The summed E-state index contributed by atoms with van der Waals surface area (Å²) in [5.74, 6) is 0.925. The second kappa shape index (κ2) is 15.9. The van der Waals surface area contributed by atoms with Crippen LogP contribution >= 0.6 is 0 Å². The summed E-state index contributed by atoms with van der Waals surface area (Å²) in [4.78, 5) is 5.51. The largest absolute Gasteiger partial charge is 0.309 e. The Morgan fingerprint density at radius 3 is 1.23 bits per heavy atom. The number of para-hydroxylation sites is 6. The van der Waals surface area contributed by atoms with Gasteiger partial charge in [-0.3, -0.25) is 4.57 Å². The molecule has 16 rings (SSSR count). The van der Waals surface area contributed by atoms with E-state index in [1.807, 2.05) is 0 Å². The molecule has 0 aliphatic heterocycles. The van der Waals surface area contributed by atoms with E-state index in [1.165, 1.54) is 116 Å². The minimum absolute atomic E-state index is 0.00989. The van der Waals surface area contributed by atoms with Gasteiger partial charge in [0.15, 0.2) is 0 Å². The van der Waals surface area contributed by atoms with Crippen LogP contribution in [0.3, 0.4) is 0 Å². The normalized spacial score (nSPS) is 13.3. The highest BCUT2D eigenvalue weighted by Gasteiger charge is 2.32. The van der Waals surface area contributed by atoms with Gasteiger partial charge >= 0.3 is 0 Å². The maximum Gasteiger partial charge on any atom is 0.138 e. The molecule has 344 valence electrons. The van der Waals surface area contributed by atoms with E-state index in [9.17, 15) is 0 Å². The zero-order valence-corrected chi connectivity index (χ0v) is 40.2. The molecule has 15 aromatic rings. The van der Waals surface area contributed by atoms with Crippen molar-refractivity contribution < 1.29 is 0 Å². The van der Waals surface area contributed by atoms with Crippen molar-refractivity contribution in [1.82, 2.24) is 18.7 Å². The van der Waals surface area contributed by atoms with E-state index in [4.69, 9.17) is 4.98 Å². The first-order valence-electron chi connectivity index (χ1n) is 25.6. The van der Waals surface area contributed by atoms with Crippen LogP contribution in [0.5, 0.6) is 0 Å². The van der Waals surface area contributed by atoms with Crippen LogP contribution in [0, 0.1) is 0 Å². The first-order chi connectivity index (χ1) is 36.7. The first kappa shape index (κ1) is 40.9. The molecule has 1 aliphatic rings. The van der Waals surface area contributed by atoms with E-state index >= 15 is 0 Å². The summed E-state index contributed by atoms with van der Waals surface area (Å²) in [7, 11) is 0. The quantitative estimate of drug-likeness (QED) is 0.163. The molecule has 0 N–H and O–H groups in total. The summed E-state index contributed by atoms with van der Waals surface area (Å²) in [6, 6.07) is 95.9. The Labute approximate surface area is 426 Å². The van der Waals surface area contributed by atoms with Gasteiger partial charge < -0.3 is 9.13 Å². The maximum atomic E-state index is 5.51. The van der Waals surface area contributed by atoms with E-state index in [0.29, 0.717) is 0 Å². The molecule has 0 saturated carbocycles. The van der Waals surface area contributed by atoms with Crippen LogP contribution in [-0.4, -0.2) is 18.7 Å². The standard InChI is InChI=1S/C70H44N4/c1-3-17-48(18-4-1)72-63-28-14-10-23-52(63)58-40-45(32-36-66(58)72)44-31-35-56-57(39-44)50-21-7-8-26-55(50)70(56)61-43-69(71-62-27-13-9-22-51(61)62)74-65-30-16-12-25-54(65)60-42-47(34-38-68(60)74)46-33-37-67-59(41-46)53-24-11-15-29-64(53)73(67)49-19-5-2-6-20-49/h1-43,70H. The molecule has 0 bridgehead atoms. The van der Waals surface area contributed by atoms with Crippen molar-refractivity contribution in [2.75, 3.05) is 0 Å². The highest BCUT2D eigenvalue weighted by atomic mass is 15.1. The van der Waals surface area contributed by atoms with Crippen molar-refractivity contribution in [3.8, 4) is 50.6 Å². The molecule has 0 spiro atoms. The van der Waals surface area contributed by atoms with Crippen LogP contribution in [0.2, 0.25) is 0 Å². The Kier molecular flexibility index (Phi) is 8.77. The molecular formula is C70H44N4. The van der Waals surface area contributed by atoms with Crippen LogP contribution in [0.15, 0.2) is 261 Å². The Morgan fingerprint density at radius 1 is 0.257 bits per heavy atom. The molecule has 1 atom stereocenters. The Morgan fingerprint density at radius 2 is 0.662 bits per heavy atom. The summed E-state index contributed by atoms with van der Waals surface area (Å²) >= 11 is 0. The lowest BCUT2D eigenvalue weighted by molar-refractivity contribution is 1.01. The summed E-state index contributed by atoms with van der Waals surface area (Å²) in [5.41, 5.74) is 21.6. The minimum Gasteiger partial charge on any atom is -0.309 e. The molecule has 4 aromatic heterocycles. The van der Waals surface area contributed by atoms with E-state index < -0.39 is 0 Å². The minimum atomic E-state index is 0.00989. The van der Waals surface area contributed by atoms with Crippen molar-refractivity contribution in [2.24, 2.45) is 0 Å². The fraction of sp³-hybridized carbons (Fsp3) is 0.0143. The van der Waals surface area contributed by atoms with Crippen molar-refractivity contribution in [2.45, 2.75) is 5.92 Å². The average molecular weight is 941 g/mol. The summed E-state index contributed by atoms with van der Waals surface area (Å²) in [5, 5.41) is 8.57. The number of pyridine rings is 1. The van der Waals surface area contributed by atoms with Gasteiger partial charge in [0.05, 0.1) is 38.6 Å². The molecule has 4 nitrogen and oxygen atoms in total. The van der Waals surface area contributed by atoms with Gasteiger partial charge in [-0.1, -0.05) is 164 Å². The van der Waals surface area contributed by atoms with Gasteiger partial charge in [-0.15, -0.1) is 0 Å². The number of nitrogens with zero attached hydrogens (tertiary/aromatic N) is 4. The molecule has 11 aromatic carbocycles. The third kappa shape index (κ3) is 6.00. The van der Waals surface area contributed by atoms with Crippen LogP contribution in [0.25, 0.3) is 127 Å². The third-order valence-corrected chi connectivity index (χ3v) is 15.9. The molecule has 0 fully saturated rings. The average Bonchev–Trinajstić information content (AvgIpc) is 4.19. The monoisotopic (exact) mass is 940 g/mol. The Hall–Kier alpha value is -9.77. The van der Waals surface area contributed by atoms with Gasteiger partial charge in [0.2, 0.25) is 0 Å². The van der Waals surface area contributed by atoms with Crippen LogP contribution < -0.4 is 0 Å². The van der Waals surface area contributed by atoms with Gasteiger partial charge in [0.25, 0.3) is 0 Å². The third-order valence-electron chi connectivity index (χ3n) is 15.9. The molecule has 4 heterocycles. The molecule has 0 saturated heterocycles. The molecule has 4 heteroatoms. The highest BCUT2D eigenvalue weighted by molar-refractivity contribution is 6.13. The molecule has 0 radical (unpaired) electrons. The Bertz CT molecular complexity index is 4780. The van der Waals surface area contributed by atoms with Gasteiger partial charge in [0.1, 0.15) is 5.82 Å². The number of benzene rings is 11. The number of aromatic nitrogens is 4. The second-order valence-electron chi connectivity index (χ2n) is 19.8. The predicted molar refractivity (Wildman–Crippen MR) is 308 cm³/mol. The van der Waals surface area contributed by atoms with E-state index in [2.05, 4.69) is 275 Å². The zero-order chi connectivity index (χ0) is 48.4. The van der Waals surface area contributed by atoms with Crippen molar-refractivity contribution in [3.63, 3.8) is 0 Å². The predicted octanol–water partition coefficient (Wildman–Crippen LogP) is 18.0. The van der Waals surface area contributed by atoms with Crippen LogP contribution in [-0.2, 0) is 0 Å². The lowest BCUT2D eigenvalue weighted by Gasteiger charge is -2.19. The number of fused-ring (bicyclic) bond motifs is 13. The lowest BCUT2D eigenvalue weighted by atomic mass is 9.86. The van der Waals surface area contributed by atoms with Gasteiger partial charge in [-0.2, -0.15) is 0 Å². The fourth-order valence-electron chi connectivity index (χ4n) is 12.7. The van der Waals surface area contributed by atoms with Crippen LogP contribution in [0.4, 0.5) is 0 Å². The number of hydrogen-bond acceptors (Lipinski definition) is 1. The van der Waals surface area contributed by atoms with Crippen LogP contribution in [0.1, 0.15) is 22.6 Å². The summed E-state index contributed by atoms with van der Waals surface area (Å²) in [6.07, 6.45) is 0. The topological polar surface area (TPSA) is 27.7 Å². The van der Waals surface area contributed by atoms with Gasteiger partial charge in [-0.05, 0) is 147 Å². The maximum absolute atomic E-state index is 5.51. The lowest BCUT2D eigenvalue weighted by Crippen LogP contribution is -2.05. The smallest absolute Gasteiger partial charge is 0.138 e. The SMILES string of the molecule is c1ccc(-n2c3ccccc3c3cc(-c4ccc5c(c4)-c4ccccc4C5c4cc(-n5c6ccccc6c6cc(-c7ccc8c(c7)c7ccccc7n8-c7ccccc7)ccc65)nc5ccccc45)ccc32)cc1. The number of rotatable bonds is 6. The van der Waals surface area contributed by atoms with Gasteiger partial charge in [0, 0.05) is 55.0 Å². The van der Waals surface area contributed by atoms with E-state index in [-0.39, 0.29) is 5.92 Å². The molecule has 74 heavy (non-hydrogen) atoms. The molecule has 1 aliphatic carbocycles. The second-order valence-corrected chi connectivity index (χ2v) is 19.8. The van der Waals surface area contributed by atoms with Gasteiger partial charge in [-0.25, -0.2) is 4.98 Å². The zero-order valence-electron chi connectivity index (χ0n) is 40.2. The summed E-state index contributed by atoms with van der Waals surface area (Å²) in [6.45, 7) is 0. The first-order valence-corrected chi connectivity index (χ1v) is 25.6. The molecule has 1 unspecified atom stereocenters. The van der Waals surface area contributed by atoms with Crippen molar-refractivity contribution in [3.05, 3.63) is 278 Å². The highest BCUT2D eigenvalue weighted by Crippen LogP contribution is 2.51. The molecular weight excluding hydrogens is 897 g/mol. The van der Waals surface area contributed by atoms with Crippen molar-refractivity contribution >= 4 is 76.3 Å². The number of hydrogen-bond donors (Lipinski definition) is 0. The van der Waals surface area contributed by atoms with E-state index in [1.54, 1.807) is 0 Å². The molecule has 0 amide bonds. The van der Waals surface area contributed by atoms with Crippen molar-refractivity contribution in [1.29, 1.82) is 0 Å². The fourth-order valence-corrected chi connectivity index (χ4v) is 12.7. The Balaban J connectivity index is 0.834. The summed E-state index contributed by atoms with van der Waals surface area (Å²) < 4.78 is 7.15. The van der Waals surface area contributed by atoms with E-state index in [0.717, 1.165) is 28.1 Å².